The number of carbonyl (C=O) groups is 3. The molecule has 0 saturated carbocycles. The molecule has 0 saturated heterocycles. The Kier molecular flexibility index (Phi) is 46.9. The number of ether oxygens (including phenoxy) is 3. The zero-order valence-corrected chi connectivity index (χ0v) is 39.7. The molecule has 348 valence electrons. The third-order valence-corrected chi connectivity index (χ3v) is 11.2. The van der Waals surface area contributed by atoms with Gasteiger partial charge in [0.1, 0.15) is 13.2 Å². The normalized spacial score (nSPS) is 12.4. The smallest absolute Gasteiger partial charge is 0.306 e. The van der Waals surface area contributed by atoms with Gasteiger partial charge in [0, 0.05) is 19.3 Å². The van der Waals surface area contributed by atoms with Gasteiger partial charge in [-0.3, -0.25) is 14.4 Å². The van der Waals surface area contributed by atoms with Crippen molar-refractivity contribution < 1.29 is 28.6 Å². The van der Waals surface area contributed by atoms with Crippen molar-refractivity contribution in [3.8, 4) is 0 Å². The van der Waals surface area contributed by atoms with Gasteiger partial charge in [0.2, 0.25) is 0 Å². The molecule has 0 heterocycles. The maximum Gasteiger partial charge on any atom is 0.306 e. The van der Waals surface area contributed by atoms with Crippen molar-refractivity contribution in [3.05, 3.63) is 48.6 Å². The standard InChI is InChI=1S/C54H96O6/c1-4-7-10-13-16-19-22-25-27-30-32-35-38-41-44-47-53(56)59-50-51(49-58-52(55)46-43-40-37-34-31-28-24-21-18-15-12-9-6-3)60-54(57)48-45-42-39-36-33-29-26-23-20-17-14-11-8-5-2/h9,12,15,18,21,24,28,31,51H,4-8,10-11,13-14,16-17,19-20,22-23,25-27,29-30,32-50H2,1-3H3/b12-9-,18-15-,24-21-,31-28-. The molecule has 0 N–H and O–H groups in total. The predicted molar refractivity (Wildman–Crippen MR) is 256 cm³/mol. The molecular weight excluding hydrogens is 745 g/mol. The summed E-state index contributed by atoms with van der Waals surface area (Å²) in [6.07, 6.45) is 58.1. The van der Waals surface area contributed by atoms with Crippen molar-refractivity contribution in [1.29, 1.82) is 0 Å². The number of unbranched alkanes of at least 4 members (excludes halogenated alkanes) is 30. The molecule has 0 rings (SSSR count). The third-order valence-electron chi connectivity index (χ3n) is 11.2. The molecule has 6 nitrogen and oxygen atoms in total. The summed E-state index contributed by atoms with van der Waals surface area (Å²) in [7, 11) is 0. The van der Waals surface area contributed by atoms with Gasteiger partial charge in [0.15, 0.2) is 6.10 Å². The van der Waals surface area contributed by atoms with E-state index >= 15 is 0 Å². The molecule has 0 aromatic carbocycles. The van der Waals surface area contributed by atoms with Gasteiger partial charge in [-0.25, -0.2) is 0 Å². The average molecular weight is 841 g/mol. The number of carbonyl (C=O) groups excluding carboxylic acids is 3. The number of allylic oxidation sites excluding steroid dienone is 8. The van der Waals surface area contributed by atoms with Gasteiger partial charge in [-0.05, 0) is 38.5 Å². The Morgan fingerprint density at radius 3 is 1.02 bits per heavy atom. The summed E-state index contributed by atoms with van der Waals surface area (Å²) in [5.41, 5.74) is 0. The van der Waals surface area contributed by atoms with E-state index in [0.717, 1.165) is 70.6 Å². The van der Waals surface area contributed by atoms with E-state index in [2.05, 4.69) is 39.0 Å². The van der Waals surface area contributed by atoms with Crippen LogP contribution in [0, 0.1) is 0 Å². The molecule has 0 bridgehead atoms. The zero-order chi connectivity index (χ0) is 43.7. The van der Waals surface area contributed by atoms with Gasteiger partial charge in [-0.15, -0.1) is 0 Å². The first kappa shape index (κ1) is 57.4. The molecule has 1 atom stereocenters. The van der Waals surface area contributed by atoms with Crippen LogP contribution in [0.15, 0.2) is 48.6 Å². The Morgan fingerprint density at radius 1 is 0.350 bits per heavy atom. The second kappa shape index (κ2) is 49.0. The molecule has 60 heavy (non-hydrogen) atoms. The highest BCUT2D eigenvalue weighted by molar-refractivity contribution is 5.71. The molecule has 0 amide bonds. The van der Waals surface area contributed by atoms with Crippen LogP contribution in [0.25, 0.3) is 0 Å². The molecule has 0 aromatic rings. The van der Waals surface area contributed by atoms with Gasteiger partial charge in [-0.1, -0.05) is 249 Å². The summed E-state index contributed by atoms with van der Waals surface area (Å²) in [5.74, 6) is -0.913. The molecule has 0 radical (unpaired) electrons. The van der Waals surface area contributed by atoms with Crippen LogP contribution < -0.4 is 0 Å². The van der Waals surface area contributed by atoms with E-state index in [1.165, 1.54) is 148 Å². The molecule has 0 spiro atoms. The van der Waals surface area contributed by atoms with E-state index in [1.54, 1.807) is 0 Å². The molecule has 0 fully saturated rings. The lowest BCUT2D eigenvalue weighted by molar-refractivity contribution is -0.167. The molecule has 6 heteroatoms. The highest BCUT2D eigenvalue weighted by Gasteiger charge is 2.19. The number of hydrogen-bond donors (Lipinski definition) is 0. The summed E-state index contributed by atoms with van der Waals surface area (Å²) in [6.45, 7) is 6.48. The minimum Gasteiger partial charge on any atom is -0.462 e. The number of rotatable bonds is 46. The molecule has 0 aliphatic carbocycles. The zero-order valence-electron chi connectivity index (χ0n) is 39.7. The third kappa shape index (κ3) is 46.4. The van der Waals surface area contributed by atoms with Crippen molar-refractivity contribution in [3.63, 3.8) is 0 Å². The fourth-order valence-electron chi connectivity index (χ4n) is 7.34. The van der Waals surface area contributed by atoms with Gasteiger partial charge in [0.05, 0.1) is 0 Å². The summed E-state index contributed by atoms with van der Waals surface area (Å²) in [4.78, 5) is 37.9. The Morgan fingerprint density at radius 2 is 0.650 bits per heavy atom. The first-order chi connectivity index (χ1) is 29.5. The van der Waals surface area contributed by atoms with Crippen molar-refractivity contribution >= 4 is 17.9 Å². The summed E-state index contributed by atoms with van der Waals surface area (Å²) in [6, 6.07) is 0. The van der Waals surface area contributed by atoms with E-state index < -0.39 is 6.10 Å². The van der Waals surface area contributed by atoms with Crippen LogP contribution in [0.5, 0.6) is 0 Å². The molecular formula is C54H96O6. The molecule has 0 aromatic heterocycles. The minimum absolute atomic E-state index is 0.0820. The minimum atomic E-state index is -0.784. The van der Waals surface area contributed by atoms with Crippen LogP contribution in [0.4, 0.5) is 0 Å². The van der Waals surface area contributed by atoms with E-state index in [4.69, 9.17) is 14.2 Å². The largest absolute Gasteiger partial charge is 0.462 e. The lowest BCUT2D eigenvalue weighted by Crippen LogP contribution is -2.30. The molecule has 1 unspecified atom stereocenters. The summed E-state index contributed by atoms with van der Waals surface area (Å²) < 4.78 is 16.8. The van der Waals surface area contributed by atoms with E-state index in [-0.39, 0.29) is 31.1 Å². The molecule has 0 aliphatic rings. The lowest BCUT2D eigenvalue weighted by atomic mass is 10.0. The van der Waals surface area contributed by atoms with Crippen molar-refractivity contribution in [1.82, 2.24) is 0 Å². The van der Waals surface area contributed by atoms with Crippen molar-refractivity contribution in [2.45, 2.75) is 264 Å². The second-order valence-corrected chi connectivity index (χ2v) is 17.2. The highest BCUT2D eigenvalue weighted by Crippen LogP contribution is 2.16. The van der Waals surface area contributed by atoms with Crippen LogP contribution in [0.2, 0.25) is 0 Å². The SMILES string of the molecule is CC\C=C/C=C\C=C/C=C\CCCCCC(=O)OCC(COC(=O)CCCCCCCCCCCCCCCCC)OC(=O)CCCCCCCCCCCCCCCC. The van der Waals surface area contributed by atoms with Crippen molar-refractivity contribution in [2.24, 2.45) is 0 Å². The first-order valence-electron chi connectivity index (χ1n) is 25.7. The molecule has 0 aliphatic heterocycles. The van der Waals surface area contributed by atoms with Crippen LogP contribution in [-0.2, 0) is 28.6 Å². The summed E-state index contributed by atoms with van der Waals surface area (Å²) in [5, 5.41) is 0. The maximum absolute atomic E-state index is 12.8. The van der Waals surface area contributed by atoms with Crippen molar-refractivity contribution in [2.75, 3.05) is 13.2 Å². The van der Waals surface area contributed by atoms with Crippen LogP contribution in [0.1, 0.15) is 258 Å². The Balaban J connectivity index is 4.39. The monoisotopic (exact) mass is 841 g/mol. The van der Waals surface area contributed by atoms with Gasteiger partial charge in [-0.2, -0.15) is 0 Å². The topological polar surface area (TPSA) is 78.9 Å². The van der Waals surface area contributed by atoms with Gasteiger partial charge >= 0.3 is 17.9 Å². The van der Waals surface area contributed by atoms with Crippen LogP contribution in [0.3, 0.4) is 0 Å². The summed E-state index contributed by atoms with van der Waals surface area (Å²) >= 11 is 0. The average Bonchev–Trinajstić information content (AvgIpc) is 3.24. The fourth-order valence-corrected chi connectivity index (χ4v) is 7.34. The number of hydrogen-bond acceptors (Lipinski definition) is 6. The van der Waals surface area contributed by atoms with E-state index in [1.807, 2.05) is 30.4 Å². The fraction of sp³-hybridized carbons (Fsp3) is 0.796. The van der Waals surface area contributed by atoms with Crippen LogP contribution >= 0.6 is 0 Å². The lowest BCUT2D eigenvalue weighted by Gasteiger charge is -2.18. The number of esters is 3. The first-order valence-corrected chi connectivity index (χ1v) is 25.7. The van der Waals surface area contributed by atoms with Gasteiger partial charge < -0.3 is 14.2 Å². The highest BCUT2D eigenvalue weighted by atomic mass is 16.6. The Labute approximate surface area is 371 Å². The second-order valence-electron chi connectivity index (χ2n) is 17.2. The Bertz CT molecular complexity index is 1060. The van der Waals surface area contributed by atoms with Gasteiger partial charge in [0.25, 0.3) is 0 Å². The van der Waals surface area contributed by atoms with Crippen LogP contribution in [-0.4, -0.2) is 37.2 Å². The maximum atomic E-state index is 12.8. The quantitative estimate of drug-likeness (QED) is 0.0263. The van der Waals surface area contributed by atoms with E-state index in [0.29, 0.717) is 19.3 Å². The van der Waals surface area contributed by atoms with E-state index in [9.17, 15) is 14.4 Å². The Hall–Kier alpha value is -2.63. The predicted octanol–water partition coefficient (Wildman–Crippen LogP) is 16.7.